The van der Waals surface area contributed by atoms with Crippen LogP contribution in [-0.2, 0) is 4.74 Å². The van der Waals surface area contributed by atoms with Gasteiger partial charge >= 0.3 is 0 Å². The fourth-order valence-electron chi connectivity index (χ4n) is 1.45. The molecule has 0 saturated carbocycles. The second-order valence-electron chi connectivity index (χ2n) is 3.64. The highest BCUT2D eigenvalue weighted by atomic mass is 35.5. The molecule has 0 amide bonds. The summed E-state index contributed by atoms with van der Waals surface area (Å²) in [5.74, 6) is 0.718. The van der Waals surface area contributed by atoms with Crippen LogP contribution in [0.15, 0.2) is 6.20 Å². The van der Waals surface area contributed by atoms with Crippen LogP contribution in [0.2, 0.25) is 5.28 Å². The maximum absolute atomic E-state index is 9.60. The molecule has 1 aromatic heterocycles. The van der Waals surface area contributed by atoms with Crippen LogP contribution in [-0.4, -0.2) is 48.5 Å². The van der Waals surface area contributed by atoms with Crippen molar-refractivity contribution in [2.24, 2.45) is 0 Å². The number of aliphatic hydroxyl groups excluding tert-OH is 1. The summed E-state index contributed by atoms with van der Waals surface area (Å²) < 4.78 is 4.86. The zero-order chi connectivity index (χ0) is 12.1. The lowest BCUT2D eigenvalue weighted by molar-refractivity contribution is 0.0694. The predicted molar refractivity (Wildman–Crippen MR) is 62.9 cm³/mol. The third kappa shape index (κ3) is 3.59. The molecule has 0 aliphatic rings. The molecule has 0 aromatic carbocycles. The minimum atomic E-state index is -0.553. The SMILES string of the molecule is COCC(O)CN(C)c1nc(Cl)ncc1C. The number of hydrogen-bond acceptors (Lipinski definition) is 5. The number of aliphatic hydroxyl groups is 1. The van der Waals surface area contributed by atoms with Gasteiger partial charge in [-0.1, -0.05) is 0 Å². The minimum absolute atomic E-state index is 0.202. The number of methoxy groups -OCH3 is 1. The molecular weight excluding hydrogens is 230 g/mol. The van der Waals surface area contributed by atoms with Gasteiger partial charge in [0.15, 0.2) is 0 Å². The number of anilines is 1. The lowest BCUT2D eigenvalue weighted by Crippen LogP contribution is -2.32. The molecule has 90 valence electrons. The Bertz CT molecular complexity index is 349. The summed E-state index contributed by atoms with van der Waals surface area (Å²) in [6, 6.07) is 0. The van der Waals surface area contributed by atoms with Crippen LogP contribution >= 0.6 is 11.6 Å². The van der Waals surface area contributed by atoms with Gasteiger partial charge < -0.3 is 14.7 Å². The van der Waals surface area contributed by atoms with E-state index >= 15 is 0 Å². The van der Waals surface area contributed by atoms with Crippen LogP contribution in [0.3, 0.4) is 0 Å². The van der Waals surface area contributed by atoms with Crippen LogP contribution in [0.4, 0.5) is 5.82 Å². The molecular formula is C10H16ClN3O2. The average Bonchev–Trinajstić information content (AvgIpc) is 2.21. The third-order valence-corrected chi connectivity index (χ3v) is 2.30. The number of aryl methyl sites for hydroxylation is 1. The quantitative estimate of drug-likeness (QED) is 0.781. The van der Waals surface area contributed by atoms with E-state index in [0.29, 0.717) is 13.2 Å². The predicted octanol–water partition coefficient (Wildman–Crippen LogP) is 0.882. The number of likely N-dealkylation sites (N-methyl/N-ethyl adjacent to an activating group) is 1. The zero-order valence-electron chi connectivity index (χ0n) is 9.64. The minimum Gasteiger partial charge on any atom is -0.389 e. The van der Waals surface area contributed by atoms with E-state index in [1.807, 2.05) is 18.9 Å². The molecule has 1 N–H and O–H groups in total. The fraction of sp³-hybridized carbons (Fsp3) is 0.600. The molecule has 6 heteroatoms. The molecule has 0 aliphatic carbocycles. The number of halogens is 1. The first kappa shape index (κ1) is 13.2. The van der Waals surface area contributed by atoms with E-state index in [-0.39, 0.29) is 5.28 Å². The van der Waals surface area contributed by atoms with Crippen LogP contribution in [0.1, 0.15) is 5.56 Å². The first-order valence-corrected chi connectivity index (χ1v) is 5.29. The molecule has 1 rings (SSSR count). The number of aromatic nitrogens is 2. The summed E-state index contributed by atoms with van der Waals surface area (Å²) in [5, 5.41) is 9.80. The Morgan fingerprint density at radius 2 is 2.31 bits per heavy atom. The number of hydrogen-bond donors (Lipinski definition) is 1. The van der Waals surface area contributed by atoms with Crippen LogP contribution in [0, 0.1) is 6.92 Å². The van der Waals surface area contributed by atoms with Crippen LogP contribution < -0.4 is 4.90 Å². The second-order valence-corrected chi connectivity index (χ2v) is 3.97. The van der Waals surface area contributed by atoms with Crippen molar-refractivity contribution in [3.05, 3.63) is 17.0 Å². The van der Waals surface area contributed by atoms with E-state index in [0.717, 1.165) is 11.4 Å². The Morgan fingerprint density at radius 3 is 2.94 bits per heavy atom. The molecule has 0 bridgehead atoms. The molecule has 1 aromatic rings. The monoisotopic (exact) mass is 245 g/mol. The van der Waals surface area contributed by atoms with Gasteiger partial charge in [0, 0.05) is 32.5 Å². The van der Waals surface area contributed by atoms with Crippen LogP contribution in [0.25, 0.3) is 0 Å². The van der Waals surface area contributed by atoms with Crippen molar-refractivity contribution in [1.82, 2.24) is 9.97 Å². The van der Waals surface area contributed by atoms with Crippen molar-refractivity contribution < 1.29 is 9.84 Å². The second kappa shape index (κ2) is 5.98. The van der Waals surface area contributed by atoms with Crippen molar-refractivity contribution in [3.8, 4) is 0 Å². The van der Waals surface area contributed by atoms with Crippen molar-refractivity contribution in [3.63, 3.8) is 0 Å². The van der Waals surface area contributed by atoms with Gasteiger partial charge in [0.2, 0.25) is 5.28 Å². The van der Waals surface area contributed by atoms with Gasteiger partial charge in [-0.2, -0.15) is 0 Å². The molecule has 16 heavy (non-hydrogen) atoms. The molecule has 5 nitrogen and oxygen atoms in total. The van der Waals surface area contributed by atoms with Crippen molar-refractivity contribution in [2.45, 2.75) is 13.0 Å². The Kier molecular flexibility index (Phi) is 4.92. The summed E-state index contributed by atoms with van der Waals surface area (Å²) in [6.45, 7) is 2.62. The van der Waals surface area contributed by atoms with Gasteiger partial charge in [-0.15, -0.1) is 0 Å². The van der Waals surface area contributed by atoms with E-state index in [1.165, 1.54) is 0 Å². The highest BCUT2D eigenvalue weighted by molar-refractivity contribution is 6.28. The van der Waals surface area contributed by atoms with Crippen molar-refractivity contribution in [2.75, 3.05) is 32.2 Å². The smallest absolute Gasteiger partial charge is 0.224 e. The molecule has 1 unspecified atom stereocenters. The summed E-state index contributed by atoms with van der Waals surface area (Å²) in [6.07, 6.45) is 1.10. The standard InChI is InChI=1S/C10H16ClN3O2/c1-7-4-12-10(11)13-9(7)14(2)5-8(15)6-16-3/h4,8,15H,5-6H2,1-3H3. The fourth-order valence-corrected chi connectivity index (χ4v) is 1.58. The Labute approximate surface area is 100 Å². The summed E-state index contributed by atoms with van der Waals surface area (Å²) in [5.41, 5.74) is 0.913. The average molecular weight is 246 g/mol. The van der Waals surface area contributed by atoms with Gasteiger partial charge in [0.05, 0.1) is 12.7 Å². The first-order chi connectivity index (χ1) is 7.54. The lowest BCUT2D eigenvalue weighted by Gasteiger charge is -2.22. The number of nitrogens with zero attached hydrogens (tertiary/aromatic N) is 3. The number of rotatable bonds is 5. The van der Waals surface area contributed by atoms with Gasteiger partial charge in [-0.05, 0) is 18.5 Å². The van der Waals surface area contributed by atoms with Crippen molar-refractivity contribution >= 4 is 17.4 Å². The van der Waals surface area contributed by atoms with E-state index < -0.39 is 6.10 Å². The molecule has 0 saturated heterocycles. The summed E-state index contributed by atoms with van der Waals surface area (Å²) in [7, 11) is 3.39. The van der Waals surface area contributed by atoms with Gasteiger partial charge in [-0.3, -0.25) is 0 Å². The van der Waals surface area contributed by atoms with E-state index in [2.05, 4.69) is 9.97 Å². The Balaban J connectivity index is 2.72. The van der Waals surface area contributed by atoms with E-state index in [1.54, 1.807) is 13.3 Å². The molecule has 0 radical (unpaired) electrons. The van der Waals surface area contributed by atoms with Crippen molar-refractivity contribution in [1.29, 1.82) is 0 Å². The molecule has 0 aliphatic heterocycles. The normalized spacial score (nSPS) is 12.6. The molecule has 1 heterocycles. The maximum Gasteiger partial charge on any atom is 0.224 e. The molecule has 0 fully saturated rings. The van der Waals surface area contributed by atoms with E-state index in [4.69, 9.17) is 16.3 Å². The van der Waals surface area contributed by atoms with Crippen LogP contribution in [0.5, 0.6) is 0 Å². The Hall–Kier alpha value is -0.910. The molecule has 1 atom stereocenters. The first-order valence-electron chi connectivity index (χ1n) is 4.92. The highest BCUT2D eigenvalue weighted by Gasteiger charge is 2.12. The molecule has 0 spiro atoms. The third-order valence-electron chi connectivity index (χ3n) is 2.12. The number of ether oxygens (including phenoxy) is 1. The lowest BCUT2D eigenvalue weighted by atomic mass is 10.3. The van der Waals surface area contributed by atoms with Gasteiger partial charge in [0.25, 0.3) is 0 Å². The van der Waals surface area contributed by atoms with Gasteiger partial charge in [-0.25, -0.2) is 9.97 Å². The maximum atomic E-state index is 9.60. The summed E-state index contributed by atoms with van der Waals surface area (Å²) >= 11 is 5.72. The highest BCUT2D eigenvalue weighted by Crippen LogP contribution is 2.16. The van der Waals surface area contributed by atoms with E-state index in [9.17, 15) is 5.11 Å². The Morgan fingerprint density at radius 1 is 1.62 bits per heavy atom. The summed E-state index contributed by atoms with van der Waals surface area (Å²) in [4.78, 5) is 9.82. The largest absolute Gasteiger partial charge is 0.389 e. The topological polar surface area (TPSA) is 58.5 Å². The zero-order valence-corrected chi connectivity index (χ0v) is 10.4. The van der Waals surface area contributed by atoms with Gasteiger partial charge in [0.1, 0.15) is 5.82 Å².